The van der Waals surface area contributed by atoms with Crippen LogP contribution in [0.25, 0.3) is 11.0 Å². The van der Waals surface area contributed by atoms with Crippen LogP contribution < -0.4 is 0 Å². The van der Waals surface area contributed by atoms with Crippen LogP contribution in [0.5, 0.6) is 0 Å². The molecule has 0 amide bonds. The minimum Gasteiger partial charge on any atom is -0.326 e. The summed E-state index contributed by atoms with van der Waals surface area (Å²) in [4.78, 5) is 4.54. The Labute approximate surface area is 139 Å². The highest BCUT2D eigenvalue weighted by Crippen LogP contribution is 2.23. The van der Waals surface area contributed by atoms with Crippen LogP contribution in [0.4, 0.5) is 4.39 Å². The Morgan fingerprint density at radius 3 is 2.58 bits per heavy atom. The molecule has 4 rings (SSSR count). The topological polar surface area (TPSA) is 55.2 Å². The summed E-state index contributed by atoms with van der Waals surface area (Å²) in [6.45, 7) is 1.26. The number of hydrogen-bond acceptors (Lipinski definition) is 3. The highest BCUT2D eigenvalue weighted by molar-refractivity contribution is 7.88. The molecule has 7 heteroatoms. The number of benzene rings is 2. The molecule has 0 N–H and O–H groups in total. The van der Waals surface area contributed by atoms with E-state index >= 15 is 0 Å². The van der Waals surface area contributed by atoms with Crippen LogP contribution in [0.15, 0.2) is 48.5 Å². The van der Waals surface area contributed by atoms with E-state index in [1.807, 2.05) is 24.3 Å². The molecule has 0 bridgehead atoms. The summed E-state index contributed by atoms with van der Waals surface area (Å²) < 4.78 is 41.8. The molecule has 3 aromatic rings. The third-order valence-electron chi connectivity index (χ3n) is 4.28. The van der Waals surface area contributed by atoms with Gasteiger partial charge in [0.05, 0.1) is 23.3 Å². The molecular formula is C17H16FN3O2S. The van der Waals surface area contributed by atoms with Crippen LogP contribution in [-0.4, -0.2) is 28.8 Å². The first kappa shape index (κ1) is 15.3. The summed E-state index contributed by atoms with van der Waals surface area (Å²) in [7, 11) is -3.47. The van der Waals surface area contributed by atoms with Crippen molar-refractivity contribution in [1.82, 2.24) is 13.9 Å². The Morgan fingerprint density at radius 2 is 1.79 bits per heavy atom. The Kier molecular flexibility index (Phi) is 3.62. The van der Waals surface area contributed by atoms with Crippen molar-refractivity contribution < 1.29 is 12.8 Å². The van der Waals surface area contributed by atoms with Gasteiger partial charge in [0.1, 0.15) is 11.6 Å². The number of aromatic nitrogens is 2. The van der Waals surface area contributed by atoms with E-state index in [0.717, 1.165) is 16.9 Å². The fourth-order valence-electron chi connectivity index (χ4n) is 3.06. The van der Waals surface area contributed by atoms with Gasteiger partial charge in [-0.1, -0.05) is 24.3 Å². The van der Waals surface area contributed by atoms with E-state index in [0.29, 0.717) is 18.7 Å². The van der Waals surface area contributed by atoms with E-state index < -0.39 is 10.0 Å². The molecule has 0 aliphatic carbocycles. The highest BCUT2D eigenvalue weighted by atomic mass is 32.2. The highest BCUT2D eigenvalue weighted by Gasteiger charge is 2.28. The second kappa shape index (κ2) is 5.68. The molecule has 2 heterocycles. The summed E-state index contributed by atoms with van der Waals surface area (Å²) in [5, 5.41) is 0. The number of halogens is 1. The van der Waals surface area contributed by atoms with E-state index in [1.54, 1.807) is 0 Å². The minimum absolute atomic E-state index is 0.131. The largest absolute Gasteiger partial charge is 0.326 e. The zero-order chi connectivity index (χ0) is 16.7. The zero-order valence-corrected chi connectivity index (χ0v) is 13.7. The van der Waals surface area contributed by atoms with Crippen molar-refractivity contribution in [2.45, 2.75) is 18.8 Å². The van der Waals surface area contributed by atoms with Gasteiger partial charge >= 0.3 is 0 Å². The average Bonchev–Trinajstić information content (AvgIpc) is 2.94. The van der Waals surface area contributed by atoms with Crippen molar-refractivity contribution in [2.24, 2.45) is 0 Å². The quantitative estimate of drug-likeness (QED) is 0.733. The number of nitrogens with zero attached hydrogens (tertiary/aromatic N) is 3. The Bertz CT molecular complexity index is 996. The lowest BCUT2D eigenvalue weighted by Crippen LogP contribution is -2.39. The van der Waals surface area contributed by atoms with Crippen LogP contribution in [0, 0.1) is 5.82 Å². The van der Waals surface area contributed by atoms with Gasteiger partial charge in [-0.05, 0) is 29.8 Å². The van der Waals surface area contributed by atoms with Gasteiger partial charge in [-0.3, -0.25) is 0 Å². The van der Waals surface area contributed by atoms with Crippen LogP contribution in [0.3, 0.4) is 0 Å². The molecule has 0 radical (unpaired) electrons. The summed E-state index contributed by atoms with van der Waals surface area (Å²) in [5.41, 5.74) is 2.49. The van der Waals surface area contributed by atoms with E-state index in [1.165, 1.54) is 28.6 Å². The van der Waals surface area contributed by atoms with Crippen molar-refractivity contribution >= 4 is 21.1 Å². The third kappa shape index (κ3) is 2.70. The maximum absolute atomic E-state index is 13.0. The molecule has 5 nitrogen and oxygen atoms in total. The van der Waals surface area contributed by atoms with Gasteiger partial charge in [-0.15, -0.1) is 0 Å². The standard InChI is InChI=1S/C17H16FN3O2S/c18-14-7-5-13(6-8-14)12-24(22,23)20-9-10-21-16-4-2-1-3-15(16)19-17(21)11-20/h1-8H,9-12H2. The van der Waals surface area contributed by atoms with Gasteiger partial charge in [0.15, 0.2) is 0 Å². The number of fused-ring (bicyclic) bond motifs is 3. The number of sulfonamides is 1. The fourth-order valence-corrected chi connectivity index (χ4v) is 4.53. The molecule has 1 aliphatic rings. The summed E-state index contributed by atoms with van der Waals surface area (Å²) in [6, 6.07) is 13.4. The van der Waals surface area contributed by atoms with Gasteiger partial charge in [-0.25, -0.2) is 17.8 Å². The first-order chi connectivity index (χ1) is 11.5. The van der Waals surface area contributed by atoms with Crippen LogP contribution in [0.1, 0.15) is 11.4 Å². The lowest BCUT2D eigenvalue weighted by Gasteiger charge is -2.27. The third-order valence-corrected chi connectivity index (χ3v) is 6.08. The molecule has 0 saturated carbocycles. The molecule has 24 heavy (non-hydrogen) atoms. The Morgan fingerprint density at radius 1 is 1.04 bits per heavy atom. The van der Waals surface area contributed by atoms with E-state index in [4.69, 9.17) is 0 Å². The van der Waals surface area contributed by atoms with Gasteiger partial charge in [0.25, 0.3) is 0 Å². The van der Waals surface area contributed by atoms with E-state index in [9.17, 15) is 12.8 Å². The molecule has 0 fully saturated rings. The summed E-state index contributed by atoms with van der Waals surface area (Å²) >= 11 is 0. The lowest BCUT2D eigenvalue weighted by molar-refractivity contribution is 0.338. The number of rotatable bonds is 3. The number of imidazole rings is 1. The lowest BCUT2D eigenvalue weighted by atomic mass is 10.2. The predicted molar refractivity (Wildman–Crippen MR) is 89.2 cm³/mol. The molecule has 124 valence electrons. The molecule has 1 aliphatic heterocycles. The summed E-state index contributed by atoms with van der Waals surface area (Å²) in [5.74, 6) is 0.251. The number of hydrogen-bond donors (Lipinski definition) is 0. The molecule has 0 unspecified atom stereocenters. The van der Waals surface area contributed by atoms with E-state index in [-0.39, 0.29) is 18.1 Å². The molecular weight excluding hydrogens is 329 g/mol. The van der Waals surface area contributed by atoms with Crippen molar-refractivity contribution in [1.29, 1.82) is 0 Å². The van der Waals surface area contributed by atoms with Crippen molar-refractivity contribution in [2.75, 3.05) is 6.54 Å². The first-order valence-electron chi connectivity index (χ1n) is 7.69. The Balaban J connectivity index is 1.60. The van der Waals surface area contributed by atoms with Crippen molar-refractivity contribution in [3.63, 3.8) is 0 Å². The minimum atomic E-state index is -3.47. The maximum Gasteiger partial charge on any atom is 0.218 e. The predicted octanol–water partition coefficient (Wildman–Crippen LogP) is 2.52. The second-order valence-corrected chi connectivity index (χ2v) is 7.85. The Hall–Kier alpha value is -2.25. The normalized spacial score (nSPS) is 15.5. The molecule has 1 aromatic heterocycles. The van der Waals surface area contributed by atoms with Gasteiger partial charge in [0, 0.05) is 13.1 Å². The number of para-hydroxylation sites is 2. The second-order valence-electron chi connectivity index (χ2n) is 5.88. The summed E-state index contributed by atoms with van der Waals surface area (Å²) in [6.07, 6.45) is 0. The molecule has 2 aromatic carbocycles. The zero-order valence-electron chi connectivity index (χ0n) is 12.9. The average molecular weight is 345 g/mol. The van der Waals surface area contributed by atoms with Gasteiger partial charge in [-0.2, -0.15) is 4.31 Å². The van der Waals surface area contributed by atoms with Crippen LogP contribution in [0.2, 0.25) is 0 Å². The monoisotopic (exact) mass is 345 g/mol. The van der Waals surface area contributed by atoms with Crippen molar-refractivity contribution in [3.8, 4) is 0 Å². The fraction of sp³-hybridized carbons (Fsp3) is 0.235. The van der Waals surface area contributed by atoms with Crippen molar-refractivity contribution in [3.05, 3.63) is 65.7 Å². The van der Waals surface area contributed by atoms with Gasteiger partial charge < -0.3 is 4.57 Å². The van der Waals surface area contributed by atoms with E-state index in [2.05, 4.69) is 9.55 Å². The molecule has 0 spiro atoms. The maximum atomic E-state index is 13.0. The molecule has 0 saturated heterocycles. The molecule has 0 atom stereocenters. The van der Waals surface area contributed by atoms with Crippen LogP contribution in [-0.2, 0) is 28.9 Å². The van der Waals surface area contributed by atoms with Gasteiger partial charge in [0.2, 0.25) is 10.0 Å². The first-order valence-corrected chi connectivity index (χ1v) is 9.30. The smallest absolute Gasteiger partial charge is 0.218 e. The SMILES string of the molecule is O=S(=O)(Cc1ccc(F)cc1)N1CCn2c(nc3ccccc32)C1. The van der Waals surface area contributed by atoms with Crippen LogP contribution >= 0.6 is 0 Å².